The van der Waals surface area contributed by atoms with E-state index in [-0.39, 0.29) is 36.7 Å². The molecular weight excluding hydrogens is 318 g/mol. The lowest BCUT2D eigenvalue weighted by Crippen LogP contribution is -2.43. The molecule has 0 radical (unpaired) electrons. The van der Waals surface area contributed by atoms with E-state index in [1.807, 2.05) is 19.9 Å². The first-order valence-electron chi connectivity index (χ1n) is 7.66. The summed E-state index contributed by atoms with van der Waals surface area (Å²) in [5.41, 5.74) is 0.911. The second kappa shape index (κ2) is 6.88. The maximum Gasteiger partial charge on any atom is 0.246 e. The van der Waals surface area contributed by atoms with E-state index < -0.39 is 21.9 Å². The SMILES string of the molecule is COc1ccc(C(C)C)cc1S(=O)(=O)N1CCC(C(=O)[O-])CC1. The highest BCUT2D eigenvalue weighted by Gasteiger charge is 2.32. The Hall–Kier alpha value is -1.60. The van der Waals surface area contributed by atoms with E-state index in [2.05, 4.69) is 0 Å². The Bertz CT molecular complexity index is 676. The molecule has 0 amide bonds. The van der Waals surface area contributed by atoms with Gasteiger partial charge in [-0.2, -0.15) is 4.31 Å². The number of nitrogens with zero attached hydrogens (tertiary/aromatic N) is 1. The van der Waals surface area contributed by atoms with Gasteiger partial charge in [-0.25, -0.2) is 8.42 Å². The van der Waals surface area contributed by atoms with Crippen molar-refractivity contribution in [3.05, 3.63) is 23.8 Å². The summed E-state index contributed by atoms with van der Waals surface area (Å²) in [7, 11) is -2.28. The zero-order chi connectivity index (χ0) is 17.2. The van der Waals surface area contributed by atoms with Gasteiger partial charge in [0.05, 0.1) is 7.11 Å². The predicted octanol–water partition coefficient (Wildman–Crippen LogP) is 0.969. The molecule has 0 saturated carbocycles. The fourth-order valence-electron chi connectivity index (χ4n) is 2.72. The summed E-state index contributed by atoms with van der Waals surface area (Å²) in [4.78, 5) is 11.0. The van der Waals surface area contributed by atoms with Crippen LogP contribution in [0.3, 0.4) is 0 Å². The lowest BCUT2D eigenvalue weighted by molar-refractivity contribution is -0.312. The molecule has 23 heavy (non-hydrogen) atoms. The number of ether oxygens (including phenoxy) is 1. The molecule has 0 atom stereocenters. The third-order valence-electron chi connectivity index (χ3n) is 4.26. The molecule has 0 N–H and O–H groups in total. The van der Waals surface area contributed by atoms with Crippen molar-refractivity contribution in [2.24, 2.45) is 5.92 Å². The molecule has 0 unspecified atom stereocenters. The van der Waals surface area contributed by atoms with Gasteiger partial charge in [0.15, 0.2) is 0 Å². The minimum Gasteiger partial charge on any atom is -0.550 e. The molecule has 1 aromatic rings. The standard InChI is InChI=1S/C16H23NO5S/c1-11(2)13-4-5-14(22-3)15(10-13)23(20,21)17-8-6-12(7-9-17)16(18)19/h4-5,10-12H,6-9H2,1-3H3,(H,18,19)/p-1. The molecular formula is C16H22NO5S-. The van der Waals surface area contributed by atoms with Crippen molar-refractivity contribution in [2.45, 2.75) is 37.5 Å². The van der Waals surface area contributed by atoms with Crippen molar-refractivity contribution < 1.29 is 23.1 Å². The van der Waals surface area contributed by atoms with Crippen LogP contribution in [-0.2, 0) is 14.8 Å². The third-order valence-corrected chi connectivity index (χ3v) is 6.18. The number of benzene rings is 1. The second-order valence-corrected chi connectivity index (χ2v) is 7.97. The van der Waals surface area contributed by atoms with Crippen LogP contribution in [0.25, 0.3) is 0 Å². The maximum absolute atomic E-state index is 12.9. The number of carbonyl (C=O) groups excluding carboxylic acids is 1. The summed E-state index contributed by atoms with van der Waals surface area (Å²) >= 11 is 0. The number of hydrogen-bond acceptors (Lipinski definition) is 5. The van der Waals surface area contributed by atoms with Gasteiger partial charge in [0, 0.05) is 25.0 Å². The smallest absolute Gasteiger partial charge is 0.246 e. The number of methoxy groups -OCH3 is 1. The lowest BCUT2D eigenvalue weighted by Gasteiger charge is -2.32. The largest absolute Gasteiger partial charge is 0.550 e. The van der Waals surface area contributed by atoms with E-state index in [4.69, 9.17) is 4.74 Å². The van der Waals surface area contributed by atoms with E-state index >= 15 is 0 Å². The van der Waals surface area contributed by atoms with Crippen LogP contribution >= 0.6 is 0 Å². The van der Waals surface area contributed by atoms with Crippen molar-refractivity contribution in [1.29, 1.82) is 0 Å². The number of carboxylic acid groups (broad SMARTS) is 1. The van der Waals surface area contributed by atoms with Crippen molar-refractivity contribution in [1.82, 2.24) is 4.31 Å². The third kappa shape index (κ3) is 3.67. The van der Waals surface area contributed by atoms with E-state index in [9.17, 15) is 18.3 Å². The Morgan fingerprint density at radius 2 is 1.91 bits per heavy atom. The number of piperidine rings is 1. The molecule has 2 rings (SSSR count). The van der Waals surface area contributed by atoms with Crippen LogP contribution in [-0.4, -0.2) is 38.9 Å². The summed E-state index contributed by atoms with van der Waals surface area (Å²) in [5, 5.41) is 10.9. The minimum atomic E-state index is -3.71. The molecule has 7 heteroatoms. The molecule has 1 aliphatic rings. The van der Waals surface area contributed by atoms with Crippen LogP contribution in [0.4, 0.5) is 0 Å². The summed E-state index contributed by atoms with van der Waals surface area (Å²) in [6, 6.07) is 5.16. The molecule has 0 aromatic heterocycles. The van der Waals surface area contributed by atoms with Gasteiger partial charge in [0.2, 0.25) is 10.0 Å². The molecule has 1 fully saturated rings. The number of carbonyl (C=O) groups is 1. The fourth-order valence-corrected chi connectivity index (χ4v) is 4.39. The lowest BCUT2D eigenvalue weighted by atomic mass is 9.99. The van der Waals surface area contributed by atoms with Gasteiger partial charge < -0.3 is 14.6 Å². The fraction of sp³-hybridized carbons (Fsp3) is 0.562. The molecule has 128 valence electrons. The molecule has 6 nitrogen and oxygen atoms in total. The Kier molecular flexibility index (Phi) is 5.31. The van der Waals surface area contributed by atoms with Crippen LogP contribution in [0, 0.1) is 5.92 Å². The normalized spacial score (nSPS) is 17.4. The summed E-state index contributed by atoms with van der Waals surface area (Å²) in [5.74, 6) is -1.19. The Morgan fingerprint density at radius 3 is 2.39 bits per heavy atom. The Morgan fingerprint density at radius 1 is 1.30 bits per heavy atom. The maximum atomic E-state index is 12.9. The van der Waals surface area contributed by atoms with Gasteiger partial charge in [0.1, 0.15) is 10.6 Å². The molecule has 0 bridgehead atoms. The molecule has 1 aliphatic heterocycles. The molecule has 1 heterocycles. The molecule has 1 saturated heterocycles. The summed E-state index contributed by atoms with van der Waals surface area (Å²) < 4.78 is 32.3. The van der Waals surface area contributed by atoms with E-state index in [0.29, 0.717) is 5.75 Å². The molecule has 0 spiro atoms. The van der Waals surface area contributed by atoms with Crippen molar-refractivity contribution in [3.8, 4) is 5.75 Å². The van der Waals surface area contributed by atoms with Gasteiger partial charge in [-0.1, -0.05) is 19.9 Å². The first-order chi connectivity index (χ1) is 10.8. The first-order valence-corrected chi connectivity index (χ1v) is 9.10. The average molecular weight is 340 g/mol. The van der Waals surface area contributed by atoms with Crippen LogP contribution in [0.15, 0.2) is 23.1 Å². The van der Waals surface area contributed by atoms with Crippen LogP contribution in [0.2, 0.25) is 0 Å². The van der Waals surface area contributed by atoms with Crippen LogP contribution < -0.4 is 9.84 Å². The van der Waals surface area contributed by atoms with E-state index in [0.717, 1.165) is 5.56 Å². The second-order valence-electron chi connectivity index (χ2n) is 6.06. The predicted molar refractivity (Wildman–Crippen MR) is 83.6 cm³/mol. The van der Waals surface area contributed by atoms with Gasteiger partial charge in [0.25, 0.3) is 0 Å². The van der Waals surface area contributed by atoms with Gasteiger partial charge in [-0.3, -0.25) is 0 Å². The highest BCUT2D eigenvalue weighted by atomic mass is 32.2. The van der Waals surface area contributed by atoms with Crippen molar-refractivity contribution in [2.75, 3.05) is 20.2 Å². The van der Waals surface area contributed by atoms with Gasteiger partial charge >= 0.3 is 0 Å². The summed E-state index contributed by atoms with van der Waals surface area (Å²) in [6.07, 6.45) is 0.543. The topological polar surface area (TPSA) is 86.7 Å². The first kappa shape index (κ1) is 17.7. The molecule has 1 aromatic carbocycles. The van der Waals surface area contributed by atoms with Gasteiger partial charge in [-0.15, -0.1) is 0 Å². The Balaban J connectivity index is 2.32. The van der Waals surface area contributed by atoms with Crippen molar-refractivity contribution >= 4 is 16.0 Å². The van der Waals surface area contributed by atoms with Crippen molar-refractivity contribution in [3.63, 3.8) is 0 Å². The van der Waals surface area contributed by atoms with Crippen LogP contribution in [0.1, 0.15) is 38.2 Å². The van der Waals surface area contributed by atoms with E-state index in [1.54, 1.807) is 12.1 Å². The molecule has 0 aliphatic carbocycles. The number of aliphatic carboxylic acids is 1. The summed E-state index contributed by atoms with van der Waals surface area (Å²) in [6.45, 7) is 4.33. The Labute approximate surface area is 137 Å². The quantitative estimate of drug-likeness (QED) is 0.797. The number of hydrogen-bond donors (Lipinski definition) is 0. The van der Waals surface area contributed by atoms with Gasteiger partial charge in [-0.05, 0) is 36.5 Å². The minimum absolute atomic E-state index is 0.137. The number of rotatable bonds is 5. The van der Waals surface area contributed by atoms with E-state index in [1.165, 1.54) is 11.4 Å². The average Bonchev–Trinajstić information content (AvgIpc) is 2.54. The highest BCUT2D eigenvalue weighted by molar-refractivity contribution is 7.89. The number of carboxylic acids is 1. The zero-order valence-electron chi connectivity index (χ0n) is 13.6. The monoisotopic (exact) mass is 340 g/mol. The van der Waals surface area contributed by atoms with Crippen LogP contribution in [0.5, 0.6) is 5.75 Å². The highest BCUT2D eigenvalue weighted by Crippen LogP contribution is 2.32. The number of sulfonamides is 1. The zero-order valence-corrected chi connectivity index (χ0v) is 14.4.